The highest BCUT2D eigenvalue weighted by Crippen LogP contribution is 2.37. The molecule has 0 aromatic heterocycles. The van der Waals surface area contributed by atoms with E-state index in [1.165, 1.54) is 0 Å². The summed E-state index contributed by atoms with van der Waals surface area (Å²) in [7, 11) is 1.78. The molecule has 4 fully saturated rings. The standard InChI is InChI=1S/C64H84N6O6/c1-5-45(2)60(72)66-59(52-24-14-15-25-52)64(76)70-39-17-27-56(70)44-68(41-37-48-20-10-7-11-21-48)62(74)54-34-30-50(31-35-54)49-28-32-53(33-29-49)61(73)67(40-36-47-18-8-6-9-19-47)43-55-26-16-38-69(55)63(75)57(51-22-12-13-23-51)42-58(71)46(3)65-4/h6-11,18-21,28-35,45-46,51-52,55-57,59,65H,5,12-17,22-27,36-44H2,1-4H3,(H,66,72)/t45-,46+,55+,56+,57+,59+/m1/s1. The van der Waals surface area contributed by atoms with Gasteiger partial charge in [0.15, 0.2) is 0 Å². The van der Waals surface area contributed by atoms with Crippen LogP contribution < -0.4 is 10.6 Å². The van der Waals surface area contributed by atoms with Gasteiger partial charge < -0.3 is 30.2 Å². The molecule has 2 saturated heterocycles. The summed E-state index contributed by atoms with van der Waals surface area (Å²) in [5.74, 6) is -0.305. The molecule has 2 aliphatic heterocycles. The summed E-state index contributed by atoms with van der Waals surface area (Å²) in [5.41, 5.74) is 5.22. The average molecular weight is 1030 g/mol. The Kier molecular flexibility index (Phi) is 20.1. The molecule has 2 aliphatic carbocycles. The summed E-state index contributed by atoms with van der Waals surface area (Å²) in [6.07, 6.45) is 13.7. The maximum absolute atomic E-state index is 14.6. The predicted octanol–water partition coefficient (Wildman–Crippen LogP) is 9.80. The number of nitrogens with one attached hydrogen (secondary N) is 2. The number of hydrogen-bond donors (Lipinski definition) is 2. The van der Waals surface area contributed by atoms with Gasteiger partial charge in [0.1, 0.15) is 11.8 Å². The van der Waals surface area contributed by atoms with Gasteiger partial charge in [-0.1, -0.05) is 124 Å². The third kappa shape index (κ3) is 14.3. The normalized spacial score (nSPS) is 19.5. The molecule has 2 heterocycles. The zero-order valence-electron chi connectivity index (χ0n) is 45.8. The number of hydrogen-bond acceptors (Lipinski definition) is 7. The topological polar surface area (TPSA) is 139 Å². The lowest BCUT2D eigenvalue weighted by molar-refractivity contribution is -0.141. The summed E-state index contributed by atoms with van der Waals surface area (Å²) < 4.78 is 0. The first-order chi connectivity index (χ1) is 36.9. The number of benzene rings is 4. The largest absolute Gasteiger partial charge is 0.344 e. The van der Waals surface area contributed by atoms with Crippen LogP contribution in [0.1, 0.15) is 143 Å². The van der Waals surface area contributed by atoms with Crippen LogP contribution >= 0.6 is 0 Å². The SMILES string of the molecule is CC[C@@H](C)C(=O)N[C@H](C(=O)N1CCC[C@H]1CN(CCc1ccccc1)C(=O)c1ccc(-c2ccc(C(=O)N(CCc3ccccc3)C[C@@H]3CCCN3C(=O)[C@@H](CC(=O)[C@H](C)NC)C3CCCC3)cc2)cc1)C1CCCC1. The van der Waals surface area contributed by atoms with Crippen LogP contribution in [0.2, 0.25) is 0 Å². The number of amides is 5. The monoisotopic (exact) mass is 1030 g/mol. The number of rotatable bonds is 24. The van der Waals surface area contributed by atoms with Gasteiger partial charge >= 0.3 is 0 Å². The van der Waals surface area contributed by atoms with E-state index in [4.69, 9.17) is 0 Å². The summed E-state index contributed by atoms with van der Waals surface area (Å²) in [5, 5.41) is 6.25. The van der Waals surface area contributed by atoms with Gasteiger partial charge in [0.05, 0.1) is 6.04 Å². The molecule has 2 saturated carbocycles. The first-order valence-corrected chi connectivity index (χ1v) is 28.9. The van der Waals surface area contributed by atoms with Gasteiger partial charge in [0.25, 0.3) is 11.8 Å². The molecule has 4 aliphatic rings. The van der Waals surface area contributed by atoms with Gasteiger partial charge in [0.2, 0.25) is 17.7 Å². The lowest BCUT2D eigenvalue weighted by Crippen LogP contribution is -2.55. The van der Waals surface area contributed by atoms with Crippen molar-refractivity contribution in [1.29, 1.82) is 0 Å². The Morgan fingerprint density at radius 1 is 0.566 bits per heavy atom. The van der Waals surface area contributed by atoms with Crippen molar-refractivity contribution in [3.8, 4) is 11.1 Å². The van der Waals surface area contributed by atoms with E-state index < -0.39 is 6.04 Å². The number of nitrogens with zero attached hydrogens (tertiary/aromatic N) is 4. The van der Waals surface area contributed by atoms with Crippen molar-refractivity contribution in [1.82, 2.24) is 30.2 Å². The van der Waals surface area contributed by atoms with Gasteiger partial charge in [-0.3, -0.25) is 28.8 Å². The van der Waals surface area contributed by atoms with Crippen LogP contribution in [0.3, 0.4) is 0 Å². The summed E-state index contributed by atoms with van der Waals surface area (Å²) >= 11 is 0. The molecule has 0 bridgehead atoms. The van der Waals surface area contributed by atoms with E-state index in [-0.39, 0.29) is 83.5 Å². The van der Waals surface area contributed by atoms with Crippen molar-refractivity contribution in [2.75, 3.05) is 46.3 Å². The van der Waals surface area contributed by atoms with Crippen molar-refractivity contribution < 1.29 is 28.8 Å². The van der Waals surface area contributed by atoms with Crippen molar-refractivity contribution in [3.05, 3.63) is 131 Å². The van der Waals surface area contributed by atoms with E-state index in [0.29, 0.717) is 69.7 Å². The third-order valence-electron chi connectivity index (χ3n) is 17.5. The zero-order valence-corrected chi connectivity index (χ0v) is 45.8. The minimum absolute atomic E-state index is 0.0148. The molecule has 4 aromatic carbocycles. The van der Waals surface area contributed by atoms with E-state index in [1.54, 1.807) is 7.05 Å². The van der Waals surface area contributed by atoms with Crippen LogP contribution in [-0.4, -0.2) is 125 Å². The second-order valence-electron chi connectivity index (χ2n) is 22.5. The maximum Gasteiger partial charge on any atom is 0.253 e. The summed E-state index contributed by atoms with van der Waals surface area (Å²) in [6.45, 7) is 8.83. The smallest absolute Gasteiger partial charge is 0.253 e. The number of ketones is 1. The van der Waals surface area contributed by atoms with E-state index >= 15 is 0 Å². The minimum atomic E-state index is -0.549. The average Bonchev–Trinajstić information content (AvgIpc) is 4.34. The molecule has 0 unspecified atom stereocenters. The van der Waals surface area contributed by atoms with Gasteiger partial charge in [-0.05, 0) is 143 Å². The van der Waals surface area contributed by atoms with Crippen LogP contribution in [0, 0.1) is 23.7 Å². The number of carbonyl (C=O) groups is 6. The highest BCUT2D eigenvalue weighted by molar-refractivity contribution is 5.96. The quantitative estimate of drug-likeness (QED) is 0.0713. The second kappa shape index (κ2) is 27.3. The van der Waals surface area contributed by atoms with Gasteiger partial charge in [0, 0.05) is 80.7 Å². The first kappa shape index (κ1) is 56.1. The van der Waals surface area contributed by atoms with Crippen LogP contribution in [0.5, 0.6) is 0 Å². The fourth-order valence-corrected chi connectivity index (χ4v) is 12.4. The molecule has 4 aromatic rings. The Hall–Kier alpha value is -6.14. The van der Waals surface area contributed by atoms with Crippen LogP contribution in [0.25, 0.3) is 11.1 Å². The molecule has 5 amide bonds. The molecular weight excluding hydrogens is 949 g/mol. The first-order valence-electron chi connectivity index (χ1n) is 28.9. The number of likely N-dealkylation sites (tertiary alicyclic amines) is 2. The lowest BCUT2D eigenvalue weighted by Gasteiger charge is -2.35. The summed E-state index contributed by atoms with van der Waals surface area (Å²) in [6, 6.07) is 34.5. The highest BCUT2D eigenvalue weighted by Gasteiger charge is 2.42. The molecular formula is C64H84N6O6. The van der Waals surface area contributed by atoms with Crippen molar-refractivity contribution >= 4 is 35.3 Å². The fourth-order valence-electron chi connectivity index (χ4n) is 12.4. The summed E-state index contributed by atoms with van der Waals surface area (Å²) in [4.78, 5) is 92.6. The molecule has 12 nitrogen and oxygen atoms in total. The minimum Gasteiger partial charge on any atom is -0.344 e. The molecule has 76 heavy (non-hydrogen) atoms. The van der Waals surface area contributed by atoms with Crippen LogP contribution in [0.4, 0.5) is 0 Å². The van der Waals surface area contributed by atoms with E-state index in [2.05, 4.69) is 34.9 Å². The zero-order chi connectivity index (χ0) is 53.6. The predicted molar refractivity (Wildman–Crippen MR) is 300 cm³/mol. The molecule has 12 heteroatoms. The Morgan fingerprint density at radius 3 is 1.46 bits per heavy atom. The Labute approximate surface area is 452 Å². The van der Waals surface area contributed by atoms with Crippen molar-refractivity contribution in [2.45, 2.75) is 148 Å². The molecule has 406 valence electrons. The van der Waals surface area contributed by atoms with Crippen LogP contribution in [0.15, 0.2) is 109 Å². The highest BCUT2D eigenvalue weighted by atomic mass is 16.2. The number of Topliss-reactive ketones (excluding diaryl/α,β-unsaturated/α-hetero) is 1. The molecule has 8 rings (SSSR count). The van der Waals surface area contributed by atoms with E-state index in [1.807, 2.05) is 125 Å². The Balaban J connectivity index is 0.965. The third-order valence-corrected chi connectivity index (χ3v) is 17.5. The van der Waals surface area contributed by atoms with E-state index in [9.17, 15) is 28.8 Å². The molecule has 6 atom stereocenters. The maximum atomic E-state index is 14.6. The lowest BCUT2D eigenvalue weighted by atomic mass is 9.84. The van der Waals surface area contributed by atoms with Gasteiger partial charge in [-0.25, -0.2) is 0 Å². The Morgan fingerprint density at radius 2 is 1.01 bits per heavy atom. The van der Waals surface area contributed by atoms with Crippen molar-refractivity contribution in [3.63, 3.8) is 0 Å². The van der Waals surface area contributed by atoms with Crippen molar-refractivity contribution in [2.24, 2.45) is 23.7 Å². The van der Waals surface area contributed by atoms with Crippen LogP contribution in [-0.2, 0) is 32.0 Å². The molecule has 0 radical (unpaired) electrons. The molecule has 0 spiro atoms. The van der Waals surface area contributed by atoms with Gasteiger partial charge in [-0.2, -0.15) is 0 Å². The second-order valence-corrected chi connectivity index (χ2v) is 22.5. The van der Waals surface area contributed by atoms with Gasteiger partial charge in [-0.15, -0.1) is 0 Å². The number of carbonyl (C=O) groups excluding carboxylic acids is 6. The molecule has 2 N–H and O–H groups in total. The van der Waals surface area contributed by atoms with E-state index in [0.717, 1.165) is 99.3 Å². The number of likely N-dealkylation sites (N-methyl/N-ethyl adjacent to an activating group) is 1. The Bertz CT molecular complexity index is 2370. The fraction of sp³-hybridized carbons (Fsp3) is 0.531.